The molecular weight excluding hydrogens is 292 g/mol. The molecule has 0 bridgehead atoms. The maximum atomic E-state index is 13.2. The fourth-order valence-electron chi connectivity index (χ4n) is 5.27. The van der Waals surface area contributed by atoms with E-state index in [-0.39, 0.29) is 17.9 Å². The lowest BCUT2D eigenvalue weighted by Gasteiger charge is -2.64. The van der Waals surface area contributed by atoms with E-state index in [2.05, 4.69) is 20.3 Å². The number of ether oxygens (including phenoxy) is 1. The van der Waals surface area contributed by atoms with E-state index in [1.165, 1.54) is 19.3 Å². The molecule has 2 aliphatic heterocycles. The number of likely N-dealkylation sites (tertiary alicyclic amines) is 1. The van der Waals surface area contributed by atoms with Crippen molar-refractivity contribution < 1.29 is 9.53 Å². The smallest absolute Gasteiger partial charge is 0.232 e. The van der Waals surface area contributed by atoms with Crippen molar-refractivity contribution in [1.82, 2.24) is 20.3 Å². The van der Waals surface area contributed by atoms with Crippen LogP contribution in [-0.4, -0.2) is 51.5 Å². The minimum atomic E-state index is -0.0983. The Hall–Kier alpha value is -1.43. The van der Waals surface area contributed by atoms with Gasteiger partial charge >= 0.3 is 0 Å². The van der Waals surface area contributed by atoms with Crippen molar-refractivity contribution in [2.45, 2.75) is 69.4 Å². The molecule has 1 aromatic heterocycles. The SMILES string of the molecule is O=C(C1CCCc2n[nH]nc21)N1CC2(CCC2)C1C1CCCO1. The molecule has 4 aliphatic rings. The highest BCUT2D eigenvalue weighted by atomic mass is 16.5. The average molecular weight is 316 g/mol. The number of amides is 1. The third kappa shape index (κ3) is 1.93. The van der Waals surface area contributed by atoms with Crippen molar-refractivity contribution in [3.8, 4) is 0 Å². The fourth-order valence-corrected chi connectivity index (χ4v) is 5.27. The molecule has 23 heavy (non-hydrogen) atoms. The van der Waals surface area contributed by atoms with E-state index in [1.54, 1.807) is 0 Å². The Bertz CT molecular complexity index is 618. The molecule has 5 rings (SSSR count). The van der Waals surface area contributed by atoms with E-state index in [4.69, 9.17) is 4.74 Å². The fraction of sp³-hybridized carbons (Fsp3) is 0.824. The highest BCUT2D eigenvalue weighted by Crippen LogP contribution is 2.56. The highest BCUT2D eigenvalue weighted by Gasteiger charge is 2.61. The van der Waals surface area contributed by atoms with Gasteiger partial charge in [0.2, 0.25) is 5.91 Å². The molecular formula is C17H24N4O2. The molecule has 1 saturated carbocycles. The molecule has 3 atom stereocenters. The van der Waals surface area contributed by atoms with Crippen LogP contribution in [0.15, 0.2) is 0 Å². The van der Waals surface area contributed by atoms with E-state index in [0.717, 1.165) is 56.6 Å². The minimum Gasteiger partial charge on any atom is -0.376 e. The average Bonchev–Trinajstić information content (AvgIpc) is 3.14. The lowest BCUT2D eigenvalue weighted by Crippen LogP contribution is -2.73. The predicted molar refractivity (Wildman–Crippen MR) is 82.8 cm³/mol. The maximum absolute atomic E-state index is 13.2. The molecule has 3 heterocycles. The Morgan fingerprint density at radius 1 is 1.22 bits per heavy atom. The first kappa shape index (κ1) is 14.0. The molecule has 3 fully saturated rings. The van der Waals surface area contributed by atoms with Crippen LogP contribution < -0.4 is 0 Å². The monoisotopic (exact) mass is 316 g/mol. The summed E-state index contributed by atoms with van der Waals surface area (Å²) in [6.07, 6.45) is 9.21. The van der Waals surface area contributed by atoms with E-state index >= 15 is 0 Å². The van der Waals surface area contributed by atoms with Gasteiger partial charge in [-0.15, -0.1) is 0 Å². The molecule has 2 aliphatic carbocycles. The highest BCUT2D eigenvalue weighted by molar-refractivity contribution is 5.85. The molecule has 0 aromatic carbocycles. The number of carbonyl (C=O) groups excluding carboxylic acids is 1. The quantitative estimate of drug-likeness (QED) is 0.903. The third-order valence-corrected chi connectivity index (χ3v) is 6.58. The number of carbonyl (C=O) groups is 1. The summed E-state index contributed by atoms with van der Waals surface area (Å²) in [6.45, 7) is 1.79. The lowest BCUT2D eigenvalue weighted by atomic mass is 9.56. The summed E-state index contributed by atoms with van der Waals surface area (Å²) in [4.78, 5) is 15.4. The zero-order valence-electron chi connectivity index (χ0n) is 13.5. The second-order valence-electron chi connectivity index (χ2n) is 7.78. The van der Waals surface area contributed by atoms with E-state index in [1.807, 2.05) is 0 Å². The molecule has 6 heteroatoms. The van der Waals surface area contributed by atoms with Crippen LogP contribution in [0.4, 0.5) is 0 Å². The van der Waals surface area contributed by atoms with Gasteiger partial charge in [0.05, 0.1) is 29.5 Å². The standard InChI is InChI=1S/C17H24N4O2/c22-16(11-4-1-5-12-14(11)19-20-18-12)21-10-17(7-3-8-17)15(21)13-6-2-9-23-13/h11,13,15H,1-10H2,(H,18,19,20). The number of nitrogens with zero attached hydrogens (tertiary/aromatic N) is 3. The largest absolute Gasteiger partial charge is 0.376 e. The van der Waals surface area contributed by atoms with E-state index in [9.17, 15) is 4.79 Å². The van der Waals surface area contributed by atoms with Crippen LogP contribution in [0.1, 0.15) is 62.3 Å². The molecule has 124 valence electrons. The molecule has 0 radical (unpaired) electrons. The normalized spacial score (nSPS) is 34.8. The van der Waals surface area contributed by atoms with Gasteiger partial charge in [-0.1, -0.05) is 6.42 Å². The van der Waals surface area contributed by atoms with Gasteiger partial charge in [-0.2, -0.15) is 15.4 Å². The number of hydrogen-bond acceptors (Lipinski definition) is 4. The van der Waals surface area contributed by atoms with Crippen LogP contribution in [-0.2, 0) is 16.0 Å². The van der Waals surface area contributed by atoms with Crippen LogP contribution in [0.2, 0.25) is 0 Å². The maximum Gasteiger partial charge on any atom is 0.232 e. The van der Waals surface area contributed by atoms with Gasteiger partial charge in [-0.3, -0.25) is 4.79 Å². The predicted octanol–water partition coefficient (Wildman–Crippen LogP) is 1.78. The van der Waals surface area contributed by atoms with Crippen molar-refractivity contribution in [3.63, 3.8) is 0 Å². The Morgan fingerprint density at radius 2 is 2.13 bits per heavy atom. The molecule has 1 N–H and O–H groups in total. The van der Waals surface area contributed by atoms with Gasteiger partial charge < -0.3 is 9.64 Å². The van der Waals surface area contributed by atoms with Gasteiger partial charge in [-0.05, 0) is 44.9 Å². The zero-order valence-corrected chi connectivity index (χ0v) is 13.5. The number of aromatic nitrogens is 3. The van der Waals surface area contributed by atoms with Crippen molar-refractivity contribution in [2.24, 2.45) is 5.41 Å². The summed E-state index contributed by atoms with van der Waals surface area (Å²) in [7, 11) is 0. The second-order valence-corrected chi connectivity index (χ2v) is 7.78. The van der Waals surface area contributed by atoms with Crippen LogP contribution in [0.5, 0.6) is 0 Å². The number of hydrogen-bond donors (Lipinski definition) is 1. The summed E-state index contributed by atoms with van der Waals surface area (Å²) in [6, 6.07) is 0.309. The summed E-state index contributed by atoms with van der Waals surface area (Å²) in [5.41, 5.74) is 2.25. The van der Waals surface area contributed by atoms with Gasteiger partial charge in [-0.25, -0.2) is 0 Å². The summed E-state index contributed by atoms with van der Waals surface area (Å²) >= 11 is 0. The van der Waals surface area contributed by atoms with Gasteiger partial charge in [0, 0.05) is 18.6 Å². The molecule has 3 unspecified atom stereocenters. The molecule has 6 nitrogen and oxygen atoms in total. The van der Waals surface area contributed by atoms with Crippen LogP contribution in [0.3, 0.4) is 0 Å². The zero-order chi connectivity index (χ0) is 15.4. The Kier molecular flexibility index (Phi) is 3.05. The van der Waals surface area contributed by atoms with Crippen molar-refractivity contribution in [3.05, 3.63) is 11.4 Å². The van der Waals surface area contributed by atoms with Gasteiger partial charge in [0.1, 0.15) is 0 Å². The Labute approximate surface area is 136 Å². The van der Waals surface area contributed by atoms with Crippen molar-refractivity contribution in [2.75, 3.05) is 13.2 Å². The Balaban J connectivity index is 1.40. The van der Waals surface area contributed by atoms with Crippen molar-refractivity contribution in [1.29, 1.82) is 0 Å². The van der Waals surface area contributed by atoms with Gasteiger partial charge in [0.15, 0.2) is 0 Å². The first-order chi connectivity index (χ1) is 11.3. The number of H-pyrrole nitrogens is 1. The molecule has 1 aromatic rings. The van der Waals surface area contributed by atoms with Crippen LogP contribution in [0.25, 0.3) is 0 Å². The minimum absolute atomic E-state index is 0.0983. The molecule has 2 saturated heterocycles. The van der Waals surface area contributed by atoms with Crippen molar-refractivity contribution >= 4 is 5.91 Å². The summed E-state index contributed by atoms with van der Waals surface area (Å²) in [5.74, 6) is 0.164. The Morgan fingerprint density at radius 3 is 2.87 bits per heavy atom. The first-order valence-electron chi connectivity index (χ1n) is 9.10. The first-order valence-corrected chi connectivity index (χ1v) is 9.10. The van der Waals surface area contributed by atoms with Crippen LogP contribution in [0, 0.1) is 5.41 Å². The number of nitrogens with one attached hydrogen (secondary N) is 1. The topological polar surface area (TPSA) is 71.1 Å². The van der Waals surface area contributed by atoms with E-state index in [0.29, 0.717) is 11.5 Å². The van der Waals surface area contributed by atoms with Gasteiger partial charge in [0.25, 0.3) is 0 Å². The number of rotatable bonds is 2. The third-order valence-electron chi connectivity index (χ3n) is 6.58. The lowest BCUT2D eigenvalue weighted by molar-refractivity contribution is -0.189. The van der Waals surface area contributed by atoms with Crippen LogP contribution >= 0.6 is 0 Å². The second kappa shape index (κ2) is 5.03. The number of aromatic amines is 1. The van der Waals surface area contributed by atoms with E-state index < -0.39 is 0 Å². The number of fused-ring (bicyclic) bond motifs is 1. The molecule has 1 spiro atoms. The number of aryl methyl sites for hydroxylation is 1. The molecule has 1 amide bonds. The summed E-state index contributed by atoms with van der Waals surface area (Å²) in [5, 5.41) is 11.2. The summed E-state index contributed by atoms with van der Waals surface area (Å²) < 4.78 is 5.98.